The normalized spacial score (nSPS) is 14.0. The fourth-order valence-corrected chi connectivity index (χ4v) is 1.47. The van der Waals surface area contributed by atoms with Gasteiger partial charge in [0.05, 0.1) is 0 Å². The number of rotatable bonds is 2. The first-order valence-electron chi connectivity index (χ1n) is 4.11. The van der Waals surface area contributed by atoms with Crippen molar-refractivity contribution in [2.75, 3.05) is 0 Å². The molecule has 0 saturated carbocycles. The molecule has 2 rings (SSSR count). The van der Waals surface area contributed by atoms with E-state index in [4.69, 9.17) is 14.7 Å². The Morgan fingerprint density at radius 3 is 2.77 bits per heavy atom. The zero-order chi connectivity index (χ0) is 9.26. The molecular formula is C8H10BNO3. The monoisotopic (exact) mass is 179 g/mol. The molecule has 4 nitrogen and oxygen atoms in total. The van der Waals surface area contributed by atoms with Crippen LogP contribution in [0.25, 0.3) is 0 Å². The van der Waals surface area contributed by atoms with Crippen molar-refractivity contribution < 1.29 is 14.7 Å². The van der Waals surface area contributed by atoms with Crippen molar-refractivity contribution in [2.45, 2.75) is 13.1 Å². The first kappa shape index (κ1) is 8.56. The van der Waals surface area contributed by atoms with Gasteiger partial charge in [-0.1, -0.05) is 6.07 Å². The molecule has 1 heterocycles. The van der Waals surface area contributed by atoms with E-state index in [1.165, 1.54) is 5.56 Å². The molecule has 0 fully saturated rings. The Labute approximate surface area is 76.3 Å². The van der Waals surface area contributed by atoms with Crippen LogP contribution in [0.3, 0.4) is 0 Å². The number of benzene rings is 1. The molecular weight excluding hydrogens is 169 g/mol. The standard InChI is InChI=1S/C8H10BNO3/c11-9(12)13-8-2-1-6-4-10-5-7(6)3-8/h1-3,10-12H,4-5H2. The fraction of sp³-hybridized carbons (Fsp3) is 0.250. The maximum Gasteiger partial charge on any atom is 0.707 e. The van der Waals surface area contributed by atoms with Gasteiger partial charge in [-0.3, -0.25) is 0 Å². The van der Waals surface area contributed by atoms with Crippen molar-refractivity contribution in [2.24, 2.45) is 0 Å². The summed E-state index contributed by atoms with van der Waals surface area (Å²) in [7, 11) is -1.74. The molecule has 0 saturated heterocycles. The number of hydrogen-bond acceptors (Lipinski definition) is 4. The molecule has 1 aliphatic heterocycles. The minimum atomic E-state index is -1.74. The Balaban J connectivity index is 2.21. The van der Waals surface area contributed by atoms with Gasteiger partial charge in [-0.15, -0.1) is 0 Å². The fourth-order valence-electron chi connectivity index (χ4n) is 1.47. The van der Waals surface area contributed by atoms with Gasteiger partial charge < -0.3 is 20.0 Å². The number of nitrogens with one attached hydrogen (secondary N) is 1. The van der Waals surface area contributed by atoms with Crippen LogP contribution >= 0.6 is 0 Å². The van der Waals surface area contributed by atoms with Gasteiger partial charge in [0.1, 0.15) is 5.75 Å². The van der Waals surface area contributed by atoms with Crippen LogP contribution in [-0.2, 0) is 13.1 Å². The maximum absolute atomic E-state index is 8.57. The Bertz CT molecular complexity index is 316. The van der Waals surface area contributed by atoms with E-state index in [9.17, 15) is 0 Å². The van der Waals surface area contributed by atoms with Crippen molar-refractivity contribution in [3.8, 4) is 5.75 Å². The summed E-state index contributed by atoms with van der Waals surface area (Å²) in [6, 6.07) is 5.47. The maximum atomic E-state index is 8.57. The summed E-state index contributed by atoms with van der Waals surface area (Å²) in [4.78, 5) is 0. The minimum absolute atomic E-state index is 0.484. The summed E-state index contributed by atoms with van der Waals surface area (Å²) in [5.41, 5.74) is 2.39. The Morgan fingerprint density at radius 2 is 2.00 bits per heavy atom. The van der Waals surface area contributed by atoms with E-state index in [0.717, 1.165) is 18.7 Å². The predicted octanol–water partition coefficient (Wildman–Crippen LogP) is -0.362. The highest BCUT2D eigenvalue weighted by Crippen LogP contribution is 2.21. The molecule has 0 atom stereocenters. The van der Waals surface area contributed by atoms with E-state index in [1.807, 2.05) is 12.1 Å². The smallest absolute Gasteiger partial charge is 0.512 e. The summed E-state index contributed by atoms with van der Waals surface area (Å²) in [6.45, 7) is 1.69. The molecule has 0 bridgehead atoms. The van der Waals surface area contributed by atoms with Gasteiger partial charge >= 0.3 is 7.32 Å². The Hall–Kier alpha value is -1.04. The van der Waals surface area contributed by atoms with Gasteiger partial charge in [0.2, 0.25) is 0 Å². The molecule has 0 amide bonds. The van der Waals surface area contributed by atoms with Gasteiger partial charge in [0, 0.05) is 13.1 Å². The molecule has 0 radical (unpaired) electrons. The predicted molar refractivity (Wildman–Crippen MR) is 47.8 cm³/mol. The van der Waals surface area contributed by atoms with E-state index >= 15 is 0 Å². The molecule has 3 N–H and O–H groups in total. The number of hydrogen-bond donors (Lipinski definition) is 3. The molecule has 0 spiro atoms. The third-order valence-corrected chi connectivity index (χ3v) is 2.05. The van der Waals surface area contributed by atoms with Crippen LogP contribution in [0.2, 0.25) is 0 Å². The average Bonchev–Trinajstić information content (AvgIpc) is 2.49. The number of fused-ring (bicyclic) bond motifs is 1. The summed E-state index contributed by atoms with van der Waals surface area (Å²) in [5.74, 6) is 0.484. The van der Waals surface area contributed by atoms with Crippen molar-refractivity contribution in [1.82, 2.24) is 5.32 Å². The van der Waals surface area contributed by atoms with Crippen molar-refractivity contribution in [3.05, 3.63) is 29.3 Å². The van der Waals surface area contributed by atoms with Gasteiger partial charge in [-0.2, -0.15) is 0 Å². The lowest BCUT2D eigenvalue weighted by molar-refractivity contribution is 0.288. The zero-order valence-corrected chi connectivity index (χ0v) is 7.03. The summed E-state index contributed by atoms with van der Waals surface area (Å²) >= 11 is 0. The third kappa shape index (κ3) is 1.83. The van der Waals surface area contributed by atoms with Crippen LogP contribution in [0.4, 0.5) is 0 Å². The minimum Gasteiger partial charge on any atom is -0.512 e. The second-order valence-corrected chi connectivity index (χ2v) is 2.98. The molecule has 5 heteroatoms. The molecule has 1 aromatic carbocycles. The van der Waals surface area contributed by atoms with Crippen LogP contribution in [0.1, 0.15) is 11.1 Å². The molecule has 1 aromatic rings. The van der Waals surface area contributed by atoms with Crippen LogP contribution in [0.5, 0.6) is 5.75 Å². The van der Waals surface area contributed by atoms with Crippen molar-refractivity contribution >= 4 is 7.32 Å². The Kier molecular flexibility index (Phi) is 2.22. The lowest BCUT2D eigenvalue weighted by atomic mass is 10.1. The summed E-state index contributed by atoms with van der Waals surface area (Å²) < 4.78 is 4.72. The zero-order valence-electron chi connectivity index (χ0n) is 7.03. The summed E-state index contributed by atoms with van der Waals surface area (Å²) in [6.07, 6.45) is 0. The van der Waals surface area contributed by atoms with E-state index in [0.29, 0.717) is 5.75 Å². The quantitative estimate of drug-likeness (QED) is 0.542. The Morgan fingerprint density at radius 1 is 1.23 bits per heavy atom. The largest absolute Gasteiger partial charge is 0.707 e. The van der Waals surface area contributed by atoms with Crippen molar-refractivity contribution in [3.63, 3.8) is 0 Å². The third-order valence-electron chi connectivity index (χ3n) is 2.05. The van der Waals surface area contributed by atoms with Gasteiger partial charge in [0.25, 0.3) is 0 Å². The van der Waals surface area contributed by atoms with E-state index in [1.54, 1.807) is 6.07 Å². The van der Waals surface area contributed by atoms with Crippen LogP contribution in [-0.4, -0.2) is 17.4 Å². The lowest BCUT2D eigenvalue weighted by Crippen LogP contribution is -2.20. The van der Waals surface area contributed by atoms with Crippen molar-refractivity contribution in [1.29, 1.82) is 0 Å². The highest BCUT2D eigenvalue weighted by molar-refractivity contribution is 6.33. The molecule has 13 heavy (non-hydrogen) atoms. The SMILES string of the molecule is OB(O)Oc1ccc2c(c1)CNC2. The molecule has 68 valence electrons. The molecule has 0 unspecified atom stereocenters. The molecule has 0 aliphatic carbocycles. The van der Waals surface area contributed by atoms with E-state index < -0.39 is 7.32 Å². The van der Waals surface area contributed by atoms with Gasteiger partial charge in [0.15, 0.2) is 0 Å². The van der Waals surface area contributed by atoms with E-state index in [-0.39, 0.29) is 0 Å². The first-order chi connectivity index (χ1) is 6.25. The summed E-state index contributed by atoms with van der Waals surface area (Å²) in [5, 5.41) is 20.3. The van der Waals surface area contributed by atoms with Crippen LogP contribution < -0.4 is 9.97 Å². The van der Waals surface area contributed by atoms with E-state index in [2.05, 4.69) is 5.32 Å². The average molecular weight is 179 g/mol. The highest BCUT2D eigenvalue weighted by atomic mass is 16.6. The van der Waals surface area contributed by atoms with Gasteiger partial charge in [-0.05, 0) is 23.3 Å². The highest BCUT2D eigenvalue weighted by Gasteiger charge is 2.14. The lowest BCUT2D eigenvalue weighted by Gasteiger charge is -2.05. The van der Waals surface area contributed by atoms with Crippen LogP contribution in [0, 0.1) is 0 Å². The second-order valence-electron chi connectivity index (χ2n) is 2.98. The second kappa shape index (κ2) is 3.37. The first-order valence-corrected chi connectivity index (χ1v) is 4.11. The molecule has 0 aromatic heterocycles. The van der Waals surface area contributed by atoms with Crippen LogP contribution in [0.15, 0.2) is 18.2 Å². The van der Waals surface area contributed by atoms with Gasteiger partial charge in [-0.25, -0.2) is 0 Å². The molecule has 1 aliphatic rings. The topological polar surface area (TPSA) is 61.7 Å².